The van der Waals surface area contributed by atoms with E-state index in [0.29, 0.717) is 12.3 Å². The molecule has 3 N–H and O–H groups in total. The van der Waals surface area contributed by atoms with E-state index in [9.17, 15) is 9.90 Å². The first-order chi connectivity index (χ1) is 9.08. The van der Waals surface area contributed by atoms with E-state index in [0.717, 1.165) is 24.9 Å². The predicted octanol–water partition coefficient (Wildman–Crippen LogP) is 1.49. The van der Waals surface area contributed by atoms with Crippen molar-refractivity contribution < 1.29 is 14.6 Å². The second-order valence-electron chi connectivity index (χ2n) is 4.50. The maximum atomic E-state index is 11.1. The van der Waals surface area contributed by atoms with Gasteiger partial charge >= 0.3 is 0 Å². The van der Waals surface area contributed by atoms with Gasteiger partial charge in [0.1, 0.15) is 0 Å². The summed E-state index contributed by atoms with van der Waals surface area (Å²) in [5.74, 6) is 0.196. The third-order valence-corrected chi connectivity index (χ3v) is 2.90. The SMILES string of the molecule is CCCCN(CC(N)=O)Cc1cccc(OC)c1O. The number of phenolic OH excluding ortho intramolecular Hbond substituents is 1. The Morgan fingerprint density at radius 2 is 2.21 bits per heavy atom. The number of aromatic hydroxyl groups is 1. The third-order valence-electron chi connectivity index (χ3n) is 2.90. The second-order valence-corrected chi connectivity index (χ2v) is 4.50. The van der Waals surface area contributed by atoms with Gasteiger partial charge in [-0.15, -0.1) is 0 Å². The van der Waals surface area contributed by atoms with E-state index in [2.05, 4.69) is 6.92 Å². The molecule has 1 aromatic rings. The molecule has 5 heteroatoms. The van der Waals surface area contributed by atoms with Gasteiger partial charge in [0.25, 0.3) is 0 Å². The summed E-state index contributed by atoms with van der Waals surface area (Å²) in [6, 6.07) is 5.33. The van der Waals surface area contributed by atoms with Crippen molar-refractivity contribution in [1.29, 1.82) is 0 Å². The summed E-state index contributed by atoms with van der Waals surface area (Å²) in [6.07, 6.45) is 2.03. The second kappa shape index (κ2) is 7.63. The first-order valence-corrected chi connectivity index (χ1v) is 6.44. The smallest absolute Gasteiger partial charge is 0.231 e. The highest BCUT2D eigenvalue weighted by molar-refractivity contribution is 5.75. The monoisotopic (exact) mass is 266 g/mol. The lowest BCUT2D eigenvalue weighted by Gasteiger charge is -2.21. The van der Waals surface area contributed by atoms with E-state index in [1.54, 1.807) is 6.07 Å². The van der Waals surface area contributed by atoms with Gasteiger partial charge in [-0.2, -0.15) is 0 Å². The zero-order chi connectivity index (χ0) is 14.3. The number of para-hydroxylation sites is 1. The molecule has 0 atom stereocenters. The molecule has 1 amide bonds. The molecule has 0 aliphatic carbocycles. The minimum atomic E-state index is -0.363. The van der Waals surface area contributed by atoms with Gasteiger partial charge in [0.2, 0.25) is 5.91 Å². The van der Waals surface area contributed by atoms with Gasteiger partial charge in [-0.25, -0.2) is 0 Å². The number of carbonyl (C=O) groups is 1. The molecule has 0 spiro atoms. The number of nitrogens with two attached hydrogens (primary N) is 1. The van der Waals surface area contributed by atoms with Crippen molar-refractivity contribution in [2.75, 3.05) is 20.2 Å². The zero-order valence-corrected chi connectivity index (χ0v) is 11.6. The lowest BCUT2D eigenvalue weighted by molar-refractivity contribution is -0.119. The number of ether oxygens (including phenoxy) is 1. The topological polar surface area (TPSA) is 75.8 Å². The normalized spacial score (nSPS) is 10.7. The molecule has 0 radical (unpaired) electrons. The zero-order valence-electron chi connectivity index (χ0n) is 11.6. The maximum absolute atomic E-state index is 11.1. The molecule has 0 fully saturated rings. The number of unbranched alkanes of at least 4 members (excludes halogenated alkanes) is 1. The van der Waals surface area contributed by atoms with Crippen molar-refractivity contribution in [1.82, 2.24) is 4.90 Å². The van der Waals surface area contributed by atoms with Crippen LogP contribution in [0, 0.1) is 0 Å². The van der Waals surface area contributed by atoms with E-state index in [1.165, 1.54) is 7.11 Å². The van der Waals surface area contributed by atoms with E-state index in [4.69, 9.17) is 10.5 Å². The molecule has 0 aliphatic heterocycles. The highest BCUT2D eigenvalue weighted by Crippen LogP contribution is 2.30. The molecule has 19 heavy (non-hydrogen) atoms. The summed E-state index contributed by atoms with van der Waals surface area (Å²) in [5.41, 5.74) is 5.98. The standard InChI is InChI=1S/C14H22N2O3/c1-3-4-8-16(10-13(15)17)9-11-6-5-7-12(19-2)14(11)18/h5-7,18H,3-4,8-10H2,1-2H3,(H2,15,17). The first kappa shape index (κ1) is 15.3. The van der Waals surface area contributed by atoms with E-state index < -0.39 is 0 Å². The van der Waals surface area contributed by atoms with Gasteiger partial charge < -0.3 is 15.6 Å². The third kappa shape index (κ3) is 4.79. The van der Waals surface area contributed by atoms with Crippen LogP contribution >= 0.6 is 0 Å². The van der Waals surface area contributed by atoms with Crippen molar-refractivity contribution in [3.05, 3.63) is 23.8 Å². The lowest BCUT2D eigenvalue weighted by atomic mass is 10.1. The van der Waals surface area contributed by atoms with Crippen LogP contribution in [-0.2, 0) is 11.3 Å². The van der Waals surface area contributed by atoms with Crippen LogP contribution < -0.4 is 10.5 Å². The average Bonchev–Trinajstić information content (AvgIpc) is 2.37. The Morgan fingerprint density at radius 1 is 1.47 bits per heavy atom. The number of phenols is 1. The molecule has 0 saturated heterocycles. The molecule has 0 unspecified atom stereocenters. The van der Waals surface area contributed by atoms with Crippen LogP contribution in [0.4, 0.5) is 0 Å². The van der Waals surface area contributed by atoms with Gasteiger partial charge in [-0.1, -0.05) is 25.5 Å². The molecule has 0 bridgehead atoms. The first-order valence-electron chi connectivity index (χ1n) is 6.44. The molecule has 0 aromatic heterocycles. The van der Waals surface area contributed by atoms with Crippen LogP contribution in [0.15, 0.2) is 18.2 Å². The summed E-state index contributed by atoms with van der Waals surface area (Å²) in [6.45, 7) is 3.53. The quantitative estimate of drug-likeness (QED) is 0.747. The van der Waals surface area contributed by atoms with Crippen LogP contribution in [0.2, 0.25) is 0 Å². The fourth-order valence-corrected chi connectivity index (χ4v) is 1.92. The number of hydrogen-bond donors (Lipinski definition) is 2. The number of hydrogen-bond acceptors (Lipinski definition) is 4. The van der Waals surface area contributed by atoms with Crippen molar-refractivity contribution >= 4 is 5.91 Å². The van der Waals surface area contributed by atoms with Crippen LogP contribution in [-0.4, -0.2) is 36.1 Å². The van der Waals surface area contributed by atoms with Crippen LogP contribution in [0.3, 0.4) is 0 Å². The number of amides is 1. The number of nitrogens with zero attached hydrogens (tertiary/aromatic N) is 1. The van der Waals surface area contributed by atoms with Crippen LogP contribution in [0.5, 0.6) is 11.5 Å². The van der Waals surface area contributed by atoms with E-state index in [1.807, 2.05) is 17.0 Å². The molecular formula is C14H22N2O3. The molecule has 0 saturated carbocycles. The molecular weight excluding hydrogens is 244 g/mol. The Labute approximate surface area is 114 Å². The van der Waals surface area contributed by atoms with Gasteiger partial charge in [-0.05, 0) is 19.0 Å². The summed E-state index contributed by atoms with van der Waals surface area (Å²) >= 11 is 0. The number of carbonyl (C=O) groups excluding carboxylic acids is 1. The minimum absolute atomic E-state index is 0.121. The summed E-state index contributed by atoms with van der Waals surface area (Å²) < 4.78 is 5.07. The number of primary amides is 1. The Bertz CT molecular complexity index is 421. The molecule has 106 valence electrons. The molecule has 1 aromatic carbocycles. The van der Waals surface area contributed by atoms with Crippen LogP contribution in [0.25, 0.3) is 0 Å². The van der Waals surface area contributed by atoms with E-state index >= 15 is 0 Å². The van der Waals surface area contributed by atoms with Crippen LogP contribution in [0.1, 0.15) is 25.3 Å². The molecule has 1 rings (SSSR count). The number of rotatable bonds is 8. The Morgan fingerprint density at radius 3 is 2.79 bits per heavy atom. The summed E-state index contributed by atoms with van der Waals surface area (Å²) in [4.78, 5) is 13.0. The van der Waals surface area contributed by atoms with Gasteiger partial charge in [0, 0.05) is 12.1 Å². The maximum Gasteiger partial charge on any atom is 0.231 e. The number of methoxy groups -OCH3 is 1. The molecule has 5 nitrogen and oxygen atoms in total. The summed E-state index contributed by atoms with van der Waals surface area (Å²) in [5, 5.41) is 10.0. The van der Waals surface area contributed by atoms with Gasteiger partial charge in [0.15, 0.2) is 11.5 Å². The van der Waals surface area contributed by atoms with Crippen molar-refractivity contribution in [2.45, 2.75) is 26.3 Å². The Hall–Kier alpha value is -1.75. The summed E-state index contributed by atoms with van der Waals surface area (Å²) in [7, 11) is 1.51. The van der Waals surface area contributed by atoms with Crippen molar-refractivity contribution in [2.24, 2.45) is 5.73 Å². The average molecular weight is 266 g/mol. The highest BCUT2D eigenvalue weighted by atomic mass is 16.5. The molecule has 0 heterocycles. The van der Waals surface area contributed by atoms with Gasteiger partial charge in [0.05, 0.1) is 13.7 Å². The number of benzene rings is 1. The largest absolute Gasteiger partial charge is 0.504 e. The predicted molar refractivity (Wildman–Crippen MR) is 74.0 cm³/mol. The van der Waals surface area contributed by atoms with E-state index in [-0.39, 0.29) is 18.2 Å². The Balaban J connectivity index is 2.80. The molecule has 0 aliphatic rings. The van der Waals surface area contributed by atoms with Crippen molar-refractivity contribution in [3.63, 3.8) is 0 Å². The fraction of sp³-hybridized carbons (Fsp3) is 0.500. The fourth-order valence-electron chi connectivity index (χ4n) is 1.92. The van der Waals surface area contributed by atoms with Crippen molar-refractivity contribution in [3.8, 4) is 11.5 Å². The van der Waals surface area contributed by atoms with Gasteiger partial charge in [-0.3, -0.25) is 9.69 Å². The lowest BCUT2D eigenvalue weighted by Crippen LogP contribution is -2.34. The Kier molecular flexibility index (Phi) is 6.15. The minimum Gasteiger partial charge on any atom is -0.504 e. The highest BCUT2D eigenvalue weighted by Gasteiger charge is 2.13.